The summed E-state index contributed by atoms with van der Waals surface area (Å²) in [4.78, 5) is 28.2. The summed E-state index contributed by atoms with van der Waals surface area (Å²) in [6.45, 7) is -0.213. The Morgan fingerprint density at radius 2 is 2.12 bits per heavy atom. The quantitative estimate of drug-likeness (QED) is 0.513. The third kappa shape index (κ3) is 4.17. The van der Waals surface area contributed by atoms with E-state index < -0.39 is 17.7 Å². The van der Waals surface area contributed by atoms with Crippen LogP contribution in [0.2, 0.25) is 0 Å². The van der Waals surface area contributed by atoms with Crippen molar-refractivity contribution in [3.63, 3.8) is 0 Å². The van der Waals surface area contributed by atoms with Crippen molar-refractivity contribution in [2.24, 2.45) is 0 Å². The van der Waals surface area contributed by atoms with E-state index in [9.17, 15) is 22.8 Å². The smallest absolute Gasteiger partial charge is 0.416 e. The fraction of sp³-hybridized carbons (Fsp3) is 0.118. The molecule has 9 heteroatoms. The number of carbonyl (C=O) groups is 1. The predicted octanol–water partition coefficient (Wildman–Crippen LogP) is 3.53. The van der Waals surface area contributed by atoms with Crippen molar-refractivity contribution in [2.45, 2.75) is 12.8 Å². The molecule has 2 aromatic heterocycles. The van der Waals surface area contributed by atoms with Gasteiger partial charge in [-0.1, -0.05) is 12.1 Å². The summed E-state index contributed by atoms with van der Waals surface area (Å²) in [5, 5.41) is 1.71. The summed E-state index contributed by atoms with van der Waals surface area (Å²) in [7, 11) is 0. The first-order valence-corrected chi connectivity index (χ1v) is 8.19. The SMILES string of the molecule is O=C(C=Cc1cccc(C(F)(F)F)c1)OCc1cc(=O)n2ccsc2n1. The maximum Gasteiger partial charge on any atom is 0.416 e. The number of carbonyl (C=O) groups excluding carboxylic acids is 1. The van der Waals surface area contributed by atoms with Gasteiger partial charge >= 0.3 is 12.1 Å². The van der Waals surface area contributed by atoms with Crippen LogP contribution < -0.4 is 5.56 Å². The number of hydrogen-bond donors (Lipinski definition) is 0. The van der Waals surface area contributed by atoms with Crippen LogP contribution >= 0.6 is 11.3 Å². The van der Waals surface area contributed by atoms with Crippen molar-refractivity contribution in [3.8, 4) is 0 Å². The maximum atomic E-state index is 12.6. The van der Waals surface area contributed by atoms with E-state index in [1.54, 1.807) is 11.6 Å². The first kappa shape index (κ1) is 17.9. The molecular weight excluding hydrogens is 369 g/mol. The van der Waals surface area contributed by atoms with Gasteiger partial charge < -0.3 is 4.74 Å². The molecule has 0 aliphatic rings. The summed E-state index contributed by atoms with van der Waals surface area (Å²) in [5.41, 5.74) is -0.588. The zero-order valence-corrected chi connectivity index (χ0v) is 13.9. The Bertz CT molecular complexity index is 1040. The molecule has 0 unspecified atom stereocenters. The van der Waals surface area contributed by atoms with Crippen LogP contribution in [0, 0.1) is 0 Å². The van der Waals surface area contributed by atoms with Gasteiger partial charge in [0, 0.05) is 23.7 Å². The first-order chi connectivity index (χ1) is 12.3. The van der Waals surface area contributed by atoms with Gasteiger partial charge in [-0.2, -0.15) is 13.2 Å². The minimum atomic E-state index is -4.45. The number of rotatable bonds is 4. The molecule has 0 atom stereocenters. The lowest BCUT2D eigenvalue weighted by Gasteiger charge is -2.06. The maximum absolute atomic E-state index is 12.6. The molecule has 0 saturated heterocycles. The van der Waals surface area contributed by atoms with Gasteiger partial charge in [-0.25, -0.2) is 9.78 Å². The number of aromatic nitrogens is 2. The van der Waals surface area contributed by atoms with Crippen molar-refractivity contribution < 1.29 is 22.7 Å². The molecule has 0 fully saturated rings. The van der Waals surface area contributed by atoms with E-state index in [-0.39, 0.29) is 17.7 Å². The van der Waals surface area contributed by atoms with Gasteiger partial charge in [-0.3, -0.25) is 9.20 Å². The van der Waals surface area contributed by atoms with Gasteiger partial charge in [-0.15, -0.1) is 11.3 Å². The summed E-state index contributed by atoms with van der Waals surface area (Å²) in [5.74, 6) is -0.754. The second-order valence-electron chi connectivity index (χ2n) is 5.21. The Balaban J connectivity index is 1.65. The van der Waals surface area contributed by atoms with Crippen molar-refractivity contribution in [1.29, 1.82) is 0 Å². The van der Waals surface area contributed by atoms with Gasteiger partial charge in [0.2, 0.25) is 0 Å². The standard InChI is InChI=1S/C17H11F3N2O3S/c18-17(19,20)12-3-1-2-11(8-12)4-5-15(24)25-10-13-9-14(23)22-6-7-26-16(22)21-13/h1-9H,10H2. The molecule has 0 amide bonds. The van der Waals surface area contributed by atoms with E-state index in [4.69, 9.17) is 4.74 Å². The second-order valence-corrected chi connectivity index (χ2v) is 6.08. The van der Waals surface area contributed by atoms with Crippen LogP contribution in [-0.2, 0) is 22.3 Å². The Morgan fingerprint density at radius 1 is 1.31 bits per heavy atom. The number of nitrogens with zero attached hydrogens (tertiary/aromatic N) is 2. The summed E-state index contributed by atoms with van der Waals surface area (Å²) in [6.07, 6.45) is -0.623. The molecule has 3 aromatic rings. The van der Waals surface area contributed by atoms with E-state index in [0.29, 0.717) is 10.7 Å². The van der Waals surface area contributed by atoms with Crippen LogP contribution in [0.15, 0.2) is 52.8 Å². The highest BCUT2D eigenvalue weighted by Gasteiger charge is 2.30. The molecule has 26 heavy (non-hydrogen) atoms. The monoisotopic (exact) mass is 380 g/mol. The van der Waals surface area contributed by atoms with Crippen LogP contribution in [0.4, 0.5) is 13.2 Å². The van der Waals surface area contributed by atoms with E-state index >= 15 is 0 Å². The molecule has 134 valence electrons. The van der Waals surface area contributed by atoms with Gasteiger partial charge in [0.25, 0.3) is 5.56 Å². The molecule has 3 rings (SSSR count). The highest BCUT2D eigenvalue weighted by Crippen LogP contribution is 2.29. The molecule has 2 heterocycles. The third-order valence-electron chi connectivity index (χ3n) is 3.34. The average molecular weight is 380 g/mol. The minimum Gasteiger partial charge on any atom is -0.456 e. The normalized spacial score (nSPS) is 12.0. The summed E-state index contributed by atoms with van der Waals surface area (Å²) >= 11 is 1.27. The summed E-state index contributed by atoms with van der Waals surface area (Å²) < 4.78 is 44.3. The Labute approximate surface area is 149 Å². The number of alkyl halides is 3. The average Bonchev–Trinajstić information content (AvgIpc) is 3.07. The fourth-order valence-corrected chi connectivity index (χ4v) is 2.88. The van der Waals surface area contributed by atoms with Crippen molar-refractivity contribution >= 4 is 28.3 Å². The summed E-state index contributed by atoms with van der Waals surface area (Å²) in [6, 6.07) is 5.81. The predicted molar refractivity (Wildman–Crippen MR) is 89.6 cm³/mol. The van der Waals surface area contributed by atoms with Crippen molar-refractivity contribution in [2.75, 3.05) is 0 Å². The molecule has 0 radical (unpaired) electrons. The van der Waals surface area contributed by atoms with Gasteiger partial charge in [-0.05, 0) is 23.8 Å². The van der Waals surface area contributed by atoms with Gasteiger partial charge in [0.15, 0.2) is 4.96 Å². The van der Waals surface area contributed by atoms with E-state index in [1.165, 1.54) is 40.0 Å². The van der Waals surface area contributed by atoms with Crippen LogP contribution in [0.1, 0.15) is 16.8 Å². The van der Waals surface area contributed by atoms with E-state index in [0.717, 1.165) is 18.2 Å². The lowest BCUT2D eigenvalue weighted by molar-refractivity contribution is -0.139. The van der Waals surface area contributed by atoms with E-state index in [2.05, 4.69) is 4.98 Å². The lowest BCUT2D eigenvalue weighted by Crippen LogP contribution is -2.14. The third-order valence-corrected chi connectivity index (χ3v) is 4.10. The first-order valence-electron chi connectivity index (χ1n) is 7.31. The highest BCUT2D eigenvalue weighted by molar-refractivity contribution is 7.15. The van der Waals surface area contributed by atoms with Crippen LogP contribution in [0.25, 0.3) is 11.0 Å². The molecule has 0 aliphatic carbocycles. The number of fused-ring (bicyclic) bond motifs is 1. The Hall–Kier alpha value is -2.94. The number of ether oxygens (including phenoxy) is 1. The van der Waals surface area contributed by atoms with Crippen LogP contribution in [-0.4, -0.2) is 15.4 Å². The molecule has 0 N–H and O–H groups in total. The zero-order valence-electron chi connectivity index (χ0n) is 13.1. The number of thiazole rings is 1. The Morgan fingerprint density at radius 3 is 2.88 bits per heavy atom. The molecule has 0 saturated carbocycles. The molecule has 1 aromatic carbocycles. The minimum absolute atomic E-state index is 0.213. The highest BCUT2D eigenvalue weighted by atomic mass is 32.1. The largest absolute Gasteiger partial charge is 0.456 e. The van der Waals surface area contributed by atoms with Gasteiger partial charge in [0.05, 0.1) is 11.3 Å². The van der Waals surface area contributed by atoms with Crippen LogP contribution in [0.5, 0.6) is 0 Å². The van der Waals surface area contributed by atoms with Crippen LogP contribution in [0.3, 0.4) is 0 Å². The zero-order chi connectivity index (χ0) is 18.7. The fourth-order valence-electron chi connectivity index (χ4n) is 2.14. The molecule has 5 nitrogen and oxygen atoms in total. The molecule has 0 aliphatic heterocycles. The lowest BCUT2D eigenvalue weighted by atomic mass is 10.1. The number of benzene rings is 1. The Kier molecular flexibility index (Phi) is 4.90. The second kappa shape index (κ2) is 7.12. The van der Waals surface area contributed by atoms with Crippen molar-refractivity contribution in [3.05, 3.63) is 75.2 Å². The topological polar surface area (TPSA) is 60.7 Å². The number of halogens is 3. The molecular formula is C17H11F3N2O3S. The molecule has 0 spiro atoms. The van der Waals surface area contributed by atoms with Gasteiger partial charge in [0.1, 0.15) is 6.61 Å². The van der Waals surface area contributed by atoms with E-state index in [1.807, 2.05) is 0 Å². The molecule has 0 bridgehead atoms. The van der Waals surface area contributed by atoms with Crippen molar-refractivity contribution in [1.82, 2.24) is 9.38 Å². The number of hydrogen-bond acceptors (Lipinski definition) is 5. The number of esters is 1.